The molecule has 24 heavy (non-hydrogen) atoms. The quantitative estimate of drug-likeness (QED) is 0.894. The fourth-order valence-corrected chi connectivity index (χ4v) is 5.03. The number of rotatable bonds is 4. The largest absolute Gasteiger partial charge is 0.573 e. The van der Waals surface area contributed by atoms with Crippen LogP contribution in [0.2, 0.25) is 0 Å². The summed E-state index contributed by atoms with van der Waals surface area (Å²) in [5, 5.41) is 3.39. The summed E-state index contributed by atoms with van der Waals surface area (Å²) in [7, 11) is -2.88. The second-order valence-electron chi connectivity index (χ2n) is 6.50. The number of hydrogen-bond acceptors (Lipinski definition) is 4. The van der Waals surface area contributed by atoms with E-state index in [1.807, 2.05) is 0 Å². The fourth-order valence-electron chi connectivity index (χ4n) is 3.44. The maximum absolute atomic E-state index is 12.4. The van der Waals surface area contributed by atoms with Crippen molar-refractivity contribution in [2.24, 2.45) is 5.92 Å². The molecule has 0 bridgehead atoms. The normalized spacial score (nSPS) is 23.9. The Hall–Kier alpha value is -1.28. The molecule has 2 aliphatic rings. The molecule has 4 nitrogen and oxygen atoms in total. The Balaban J connectivity index is 1.61. The fraction of sp³-hybridized carbons (Fsp3) is 0.625. The summed E-state index contributed by atoms with van der Waals surface area (Å²) in [5.74, 6) is 0.555. The summed E-state index contributed by atoms with van der Waals surface area (Å²) < 4.78 is 64.0. The van der Waals surface area contributed by atoms with E-state index in [9.17, 15) is 21.6 Å². The van der Waals surface area contributed by atoms with Crippen LogP contribution in [0, 0.1) is 5.92 Å². The van der Waals surface area contributed by atoms with E-state index in [2.05, 4.69) is 10.1 Å². The van der Waals surface area contributed by atoms with Gasteiger partial charge in [-0.3, -0.25) is 0 Å². The van der Waals surface area contributed by atoms with Crippen LogP contribution in [0.5, 0.6) is 5.75 Å². The maximum atomic E-state index is 12.4. The first kappa shape index (κ1) is 17.5. The van der Waals surface area contributed by atoms with Gasteiger partial charge in [-0.05, 0) is 61.4 Å². The third-order valence-electron chi connectivity index (χ3n) is 4.76. The highest BCUT2D eigenvalue weighted by molar-refractivity contribution is 7.91. The van der Waals surface area contributed by atoms with E-state index < -0.39 is 16.2 Å². The minimum atomic E-state index is -4.69. The Morgan fingerprint density at radius 3 is 2.54 bits per heavy atom. The number of halogens is 3. The molecule has 1 aromatic rings. The zero-order chi connectivity index (χ0) is 17.4. The molecular formula is C16H20F3NO3S. The molecule has 8 heteroatoms. The molecule has 1 aliphatic carbocycles. The molecule has 1 heterocycles. The van der Waals surface area contributed by atoms with E-state index in [4.69, 9.17) is 0 Å². The number of alkyl halides is 3. The summed E-state index contributed by atoms with van der Waals surface area (Å²) in [6.45, 7) is 0.685. The van der Waals surface area contributed by atoms with Crippen LogP contribution in [0.15, 0.2) is 18.2 Å². The third-order valence-corrected chi connectivity index (χ3v) is 6.47. The van der Waals surface area contributed by atoms with Gasteiger partial charge in [-0.1, -0.05) is 6.07 Å². The maximum Gasteiger partial charge on any atom is 0.573 e. The van der Waals surface area contributed by atoms with Crippen LogP contribution < -0.4 is 10.1 Å². The van der Waals surface area contributed by atoms with Crippen molar-refractivity contribution in [3.63, 3.8) is 0 Å². The first-order chi connectivity index (χ1) is 11.2. The molecule has 1 saturated heterocycles. The number of aryl methyl sites for hydroxylation is 1. The Bertz CT molecular complexity index is 689. The Kier molecular flexibility index (Phi) is 4.79. The van der Waals surface area contributed by atoms with Gasteiger partial charge in [-0.2, -0.15) is 0 Å². The first-order valence-corrected chi connectivity index (χ1v) is 9.86. The van der Waals surface area contributed by atoms with Crippen LogP contribution in [-0.2, 0) is 16.3 Å². The lowest BCUT2D eigenvalue weighted by atomic mass is 10.0. The minimum absolute atomic E-state index is 0.00434. The lowest BCUT2D eigenvalue weighted by molar-refractivity contribution is -0.274. The van der Waals surface area contributed by atoms with Crippen molar-refractivity contribution in [2.45, 2.75) is 38.1 Å². The summed E-state index contributed by atoms with van der Waals surface area (Å²) in [6.07, 6.45) is -1.75. The van der Waals surface area contributed by atoms with Crippen molar-refractivity contribution < 1.29 is 26.3 Å². The van der Waals surface area contributed by atoms with Crippen molar-refractivity contribution >= 4 is 9.84 Å². The first-order valence-electron chi connectivity index (χ1n) is 8.04. The number of benzene rings is 1. The van der Waals surface area contributed by atoms with Gasteiger partial charge in [-0.25, -0.2) is 8.42 Å². The van der Waals surface area contributed by atoms with Gasteiger partial charge in [0, 0.05) is 6.04 Å². The molecule has 3 rings (SSSR count). The van der Waals surface area contributed by atoms with Gasteiger partial charge in [0.15, 0.2) is 0 Å². The molecule has 1 aliphatic heterocycles. The topological polar surface area (TPSA) is 55.4 Å². The predicted molar refractivity (Wildman–Crippen MR) is 83.6 cm³/mol. The van der Waals surface area contributed by atoms with Crippen LogP contribution in [0.1, 0.15) is 36.4 Å². The molecular weight excluding hydrogens is 343 g/mol. The van der Waals surface area contributed by atoms with Gasteiger partial charge >= 0.3 is 6.36 Å². The van der Waals surface area contributed by atoms with Crippen molar-refractivity contribution in [1.82, 2.24) is 5.32 Å². The zero-order valence-corrected chi connectivity index (χ0v) is 13.9. The van der Waals surface area contributed by atoms with Crippen molar-refractivity contribution in [3.8, 4) is 5.75 Å². The molecule has 1 N–H and O–H groups in total. The molecule has 1 fully saturated rings. The standard InChI is InChI=1S/C16H20F3NO3S/c17-16(18,19)23-13-3-1-12-2-4-15(14(12)9-13)20-10-11-5-7-24(21,22)8-6-11/h1,3,9,11,15,20H,2,4-8,10H2. The zero-order valence-electron chi connectivity index (χ0n) is 13.1. The monoisotopic (exact) mass is 363 g/mol. The summed E-state index contributed by atoms with van der Waals surface area (Å²) in [4.78, 5) is 0. The van der Waals surface area contributed by atoms with Crippen LogP contribution in [-0.4, -0.2) is 32.8 Å². The minimum Gasteiger partial charge on any atom is -0.406 e. The molecule has 1 unspecified atom stereocenters. The molecule has 1 atom stereocenters. The van der Waals surface area contributed by atoms with E-state index in [0.29, 0.717) is 25.3 Å². The van der Waals surface area contributed by atoms with Gasteiger partial charge in [-0.15, -0.1) is 13.2 Å². The highest BCUT2D eigenvalue weighted by atomic mass is 32.2. The number of hydrogen-bond donors (Lipinski definition) is 1. The SMILES string of the molecule is O=S1(=O)CCC(CNC2CCc3ccc(OC(F)(F)F)cc32)CC1. The molecule has 0 aromatic heterocycles. The molecule has 1 aromatic carbocycles. The van der Waals surface area contributed by atoms with Gasteiger partial charge in [0.05, 0.1) is 11.5 Å². The number of fused-ring (bicyclic) bond motifs is 1. The van der Waals surface area contributed by atoms with E-state index in [-0.39, 0.29) is 23.3 Å². The highest BCUT2D eigenvalue weighted by Crippen LogP contribution is 2.35. The number of nitrogens with one attached hydrogen (secondary N) is 1. The summed E-state index contributed by atoms with van der Waals surface area (Å²) in [6, 6.07) is 4.49. The molecule has 0 saturated carbocycles. The van der Waals surface area contributed by atoms with Crippen molar-refractivity contribution in [2.75, 3.05) is 18.1 Å². The van der Waals surface area contributed by atoms with Gasteiger partial charge in [0.1, 0.15) is 15.6 Å². The van der Waals surface area contributed by atoms with Crippen molar-refractivity contribution in [3.05, 3.63) is 29.3 Å². The van der Waals surface area contributed by atoms with Crippen LogP contribution in [0.25, 0.3) is 0 Å². The van der Waals surface area contributed by atoms with Gasteiger partial charge in [0.25, 0.3) is 0 Å². The Morgan fingerprint density at radius 1 is 1.17 bits per heavy atom. The van der Waals surface area contributed by atoms with Gasteiger partial charge < -0.3 is 10.1 Å². The number of sulfone groups is 1. The molecule has 0 spiro atoms. The van der Waals surface area contributed by atoms with Crippen molar-refractivity contribution in [1.29, 1.82) is 0 Å². The lowest BCUT2D eigenvalue weighted by Crippen LogP contribution is -2.32. The molecule has 0 amide bonds. The van der Waals surface area contributed by atoms with Crippen LogP contribution >= 0.6 is 0 Å². The number of ether oxygens (including phenoxy) is 1. The lowest BCUT2D eigenvalue weighted by Gasteiger charge is -2.24. The van der Waals surface area contributed by atoms with Gasteiger partial charge in [0.2, 0.25) is 0 Å². The third kappa shape index (κ3) is 4.42. The van der Waals surface area contributed by atoms with Crippen LogP contribution in [0.3, 0.4) is 0 Å². The van der Waals surface area contributed by atoms with E-state index in [1.165, 1.54) is 12.1 Å². The average molecular weight is 363 g/mol. The van der Waals surface area contributed by atoms with Crippen LogP contribution in [0.4, 0.5) is 13.2 Å². The predicted octanol–water partition coefficient (Wildman–Crippen LogP) is 2.99. The summed E-state index contributed by atoms with van der Waals surface area (Å²) in [5.41, 5.74) is 1.88. The van der Waals surface area contributed by atoms with E-state index in [1.54, 1.807) is 6.07 Å². The van der Waals surface area contributed by atoms with E-state index in [0.717, 1.165) is 24.0 Å². The summed E-state index contributed by atoms with van der Waals surface area (Å²) >= 11 is 0. The average Bonchev–Trinajstić information content (AvgIpc) is 2.87. The second-order valence-corrected chi connectivity index (χ2v) is 8.81. The Morgan fingerprint density at radius 2 is 1.88 bits per heavy atom. The Labute approximate surface area is 139 Å². The molecule has 0 radical (unpaired) electrons. The second kappa shape index (κ2) is 6.55. The highest BCUT2D eigenvalue weighted by Gasteiger charge is 2.32. The smallest absolute Gasteiger partial charge is 0.406 e. The van der Waals surface area contributed by atoms with E-state index >= 15 is 0 Å². The molecule has 134 valence electrons.